The number of benzene rings is 1. The van der Waals surface area contributed by atoms with Gasteiger partial charge >= 0.3 is 0 Å². The highest BCUT2D eigenvalue weighted by atomic mass is 16.4. The number of likely N-dealkylation sites (N-methyl/N-ethyl adjacent to an activating group) is 1. The lowest BCUT2D eigenvalue weighted by atomic mass is 10.2. The predicted octanol–water partition coefficient (Wildman–Crippen LogP) is 1.88. The Morgan fingerprint density at radius 3 is 2.75 bits per heavy atom. The maximum Gasteiger partial charge on any atom is 0.286 e. The van der Waals surface area contributed by atoms with Gasteiger partial charge in [-0.05, 0) is 37.7 Å². The molecule has 24 heavy (non-hydrogen) atoms. The number of carbonyl (C=O) groups excluding carboxylic acids is 2. The van der Waals surface area contributed by atoms with E-state index in [1.165, 1.54) is 0 Å². The zero-order valence-electron chi connectivity index (χ0n) is 13.9. The van der Waals surface area contributed by atoms with Gasteiger partial charge in [0.25, 0.3) is 5.91 Å². The van der Waals surface area contributed by atoms with Crippen molar-refractivity contribution in [3.63, 3.8) is 0 Å². The summed E-state index contributed by atoms with van der Waals surface area (Å²) in [5.74, 6) is 0.796. The number of rotatable bonds is 5. The molecule has 0 radical (unpaired) electrons. The van der Waals surface area contributed by atoms with Crippen LogP contribution in [0.3, 0.4) is 0 Å². The van der Waals surface area contributed by atoms with E-state index >= 15 is 0 Å². The second-order valence-electron chi connectivity index (χ2n) is 5.89. The largest absolute Gasteiger partial charge is 0.455 e. The number of anilines is 1. The van der Waals surface area contributed by atoms with Crippen LogP contribution in [0.1, 0.15) is 22.7 Å². The first-order valence-electron chi connectivity index (χ1n) is 7.97. The van der Waals surface area contributed by atoms with Crippen LogP contribution >= 0.6 is 0 Å². The molecule has 1 aromatic heterocycles. The Kier molecular flexibility index (Phi) is 4.66. The van der Waals surface area contributed by atoms with Gasteiger partial charge in [0.05, 0.1) is 12.6 Å². The number of hydrogen-bond donors (Lipinski definition) is 1. The number of carbonyl (C=O) groups is 2. The number of nitrogens with one attached hydrogen (secondary N) is 1. The molecule has 0 saturated carbocycles. The van der Waals surface area contributed by atoms with Crippen LogP contribution in [0.25, 0.3) is 0 Å². The molecule has 0 spiro atoms. The summed E-state index contributed by atoms with van der Waals surface area (Å²) in [6, 6.07) is 12.9. The summed E-state index contributed by atoms with van der Waals surface area (Å²) in [5.41, 5.74) is 0.929. The average molecular weight is 327 g/mol. The van der Waals surface area contributed by atoms with Gasteiger partial charge in [-0.1, -0.05) is 18.2 Å². The molecule has 126 valence electrons. The molecular weight excluding hydrogens is 306 g/mol. The van der Waals surface area contributed by atoms with Gasteiger partial charge in [-0.25, -0.2) is 0 Å². The smallest absolute Gasteiger partial charge is 0.286 e. The zero-order valence-corrected chi connectivity index (χ0v) is 13.9. The minimum absolute atomic E-state index is 0.0989. The Balaban J connectivity index is 1.65. The molecule has 0 aliphatic carbocycles. The summed E-state index contributed by atoms with van der Waals surface area (Å²) in [5, 5.41) is 2.53. The fourth-order valence-electron chi connectivity index (χ4n) is 3.00. The highest BCUT2D eigenvalue weighted by molar-refractivity contribution is 5.99. The molecule has 1 aromatic carbocycles. The van der Waals surface area contributed by atoms with Crippen molar-refractivity contribution in [3.8, 4) is 0 Å². The van der Waals surface area contributed by atoms with Crippen LogP contribution in [-0.4, -0.2) is 43.4 Å². The van der Waals surface area contributed by atoms with E-state index in [1.54, 1.807) is 19.2 Å². The predicted molar refractivity (Wildman–Crippen MR) is 90.8 cm³/mol. The van der Waals surface area contributed by atoms with E-state index in [2.05, 4.69) is 5.32 Å². The molecular formula is C18H21N3O3. The second kappa shape index (κ2) is 6.88. The molecule has 1 aliphatic heterocycles. The van der Waals surface area contributed by atoms with Crippen molar-refractivity contribution in [1.82, 2.24) is 10.2 Å². The lowest BCUT2D eigenvalue weighted by Gasteiger charge is -2.23. The highest BCUT2D eigenvalue weighted by Gasteiger charge is 2.35. The van der Waals surface area contributed by atoms with Crippen molar-refractivity contribution in [2.24, 2.45) is 0 Å². The van der Waals surface area contributed by atoms with E-state index in [0.29, 0.717) is 18.8 Å². The Morgan fingerprint density at radius 2 is 2.04 bits per heavy atom. The van der Waals surface area contributed by atoms with E-state index in [9.17, 15) is 9.59 Å². The number of para-hydroxylation sites is 1. The SMILES string of the molecule is CNC(=O)c1ccc(CN(C)C2CCN(c3ccccc3)C2=O)o1. The first-order valence-corrected chi connectivity index (χ1v) is 7.97. The van der Waals surface area contributed by atoms with Gasteiger partial charge in [-0.2, -0.15) is 0 Å². The summed E-state index contributed by atoms with van der Waals surface area (Å²) in [7, 11) is 3.46. The van der Waals surface area contributed by atoms with Gasteiger partial charge in [-0.15, -0.1) is 0 Å². The molecule has 2 heterocycles. The molecule has 6 nitrogen and oxygen atoms in total. The third-order valence-electron chi connectivity index (χ3n) is 4.29. The molecule has 1 saturated heterocycles. The Hall–Kier alpha value is -2.60. The Morgan fingerprint density at radius 1 is 1.29 bits per heavy atom. The van der Waals surface area contributed by atoms with Gasteiger partial charge in [0.15, 0.2) is 5.76 Å². The van der Waals surface area contributed by atoms with Crippen molar-refractivity contribution < 1.29 is 14.0 Å². The van der Waals surface area contributed by atoms with Crippen LogP contribution in [0.15, 0.2) is 46.9 Å². The van der Waals surface area contributed by atoms with Crippen LogP contribution in [0.5, 0.6) is 0 Å². The summed E-state index contributed by atoms with van der Waals surface area (Å²) in [4.78, 5) is 28.0. The van der Waals surface area contributed by atoms with Gasteiger partial charge in [-0.3, -0.25) is 14.5 Å². The quantitative estimate of drug-likeness (QED) is 0.910. The molecule has 1 unspecified atom stereocenters. The van der Waals surface area contributed by atoms with Crippen molar-refractivity contribution in [3.05, 3.63) is 54.0 Å². The van der Waals surface area contributed by atoms with E-state index in [-0.39, 0.29) is 23.6 Å². The average Bonchev–Trinajstić information content (AvgIpc) is 3.21. The maximum atomic E-state index is 12.7. The molecule has 3 rings (SSSR count). The highest BCUT2D eigenvalue weighted by Crippen LogP contribution is 2.24. The minimum atomic E-state index is -0.254. The summed E-state index contributed by atoms with van der Waals surface area (Å²) >= 11 is 0. The maximum absolute atomic E-state index is 12.7. The van der Waals surface area contributed by atoms with Gasteiger partial charge in [0.1, 0.15) is 5.76 Å². The van der Waals surface area contributed by atoms with Gasteiger partial charge in [0, 0.05) is 19.3 Å². The van der Waals surface area contributed by atoms with Crippen LogP contribution in [0.2, 0.25) is 0 Å². The summed E-state index contributed by atoms with van der Waals surface area (Å²) in [6.45, 7) is 1.19. The Labute approximate surface area is 141 Å². The topological polar surface area (TPSA) is 65.8 Å². The standard InChI is InChI=1S/C18H21N3O3/c1-19-17(22)16-9-8-14(24-16)12-20(2)15-10-11-21(18(15)23)13-6-4-3-5-7-13/h3-9,15H,10-12H2,1-2H3,(H,19,22). The number of hydrogen-bond acceptors (Lipinski definition) is 4. The van der Waals surface area contributed by atoms with Gasteiger partial charge in [0.2, 0.25) is 5.91 Å². The molecule has 1 atom stereocenters. The molecule has 1 aliphatic rings. The zero-order chi connectivity index (χ0) is 17.1. The second-order valence-corrected chi connectivity index (χ2v) is 5.89. The molecule has 6 heteroatoms. The van der Waals surface area contributed by atoms with Crippen molar-refractivity contribution in [2.45, 2.75) is 19.0 Å². The van der Waals surface area contributed by atoms with Crippen LogP contribution in [0, 0.1) is 0 Å². The van der Waals surface area contributed by atoms with E-state index in [0.717, 1.165) is 12.1 Å². The van der Waals surface area contributed by atoms with Crippen LogP contribution < -0.4 is 10.2 Å². The van der Waals surface area contributed by atoms with Crippen molar-refractivity contribution >= 4 is 17.5 Å². The third-order valence-corrected chi connectivity index (χ3v) is 4.29. The van der Waals surface area contributed by atoms with Crippen molar-refractivity contribution in [2.75, 3.05) is 25.5 Å². The van der Waals surface area contributed by atoms with Crippen LogP contribution in [0.4, 0.5) is 5.69 Å². The monoisotopic (exact) mass is 327 g/mol. The minimum Gasteiger partial charge on any atom is -0.455 e. The van der Waals surface area contributed by atoms with E-state index < -0.39 is 0 Å². The van der Waals surface area contributed by atoms with E-state index in [4.69, 9.17) is 4.42 Å². The van der Waals surface area contributed by atoms with E-state index in [1.807, 2.05) is 47.2 Å². The Bertz CT molecular complexity index is 726. The number of furan rings is 1. The lowest BCUT2D eigenvalue weighted by Crippen LogP contribution is -2.39. The summed E-state index contributed by atoms with van der Waals surface area (Å²) < 4.78 is 5.53. The van der Waals surface area contributed by atoms with Gasteiger partial charge < -0.3 is 14.6 Å². The van der Waals surface area contributed by atoms with Crippen molar-refractivity contribution in [1.29, 1.82) is 0 Å². The third kappa shape index (κ3) is 3.19. The first kappa shape index (κ1) is 16.3. The molecule has 2 aromatic rings. The summed E-state index contributed by atoms with van der Waals surface area (Å²) in [6.07, 6.45) is 0.771. The number of amides is 2. The lowest BCUT2D eigenvalue weighted by molar-refractivity contribution is -0.121. The molecule has 1 N–H and O–H groups in total. The fourth-order valence-corrected chi connectivity index (χ4v) is 3.00. The molecule has 2 amide bonds. The first-order chi connectivity index (χ1) is 11.6. The van der Waals surface area contributed by atoms with Crippen LogP contribution in [-0.2, 0) is 11.3 Å². The number of nitrogens with zero attached hydrogens (tertiary/aromatic N) is 2. The fraction of sp³-hybridized carbons (Fsp3) is 0.333. The normalized spacial score (nSPS) is 17.5. The molecule has 1 fully saturated rings. The molecule has 0 bridgehead atoms.